The topological polar surface area (TPSA) is 67.5 Å². The summed E-state index contributed by atoms with van der Waals surface area (Å²) in [6.45, 7) is 2.79. The fourth-order valence-electron chi connectivity index (χ4n) is 3.95. The van der Waals surface area contributed by atoms with E-state index in [1.807, 2.05) is 24.3 Å². The van der Waals surface area contributed by atoms with E-state index in [4.69, 9.17) is 9.47 Å². The van der Waals surface area contributed by atoms with Gasteiger partial charge < -0.3 is 14.5 Å². The van der Waals surface area contributed by atoms with Gasteiger partial charge in [0.05, 0.1) is 25.1 Å². The van der Waals surface area contributed by atoms with Crippen LogP contribution in [0.25, 0.3) is 10.9 Å². The summed E-state index contributed by atoms with van der Waals surface area (Å²) in [5.41, 5.74) is 2.88. The van der Waals surface area contributed by atoms with Crippen molar-refractivity contribution in [3.8, 4) is 11.5 Å². The smallest absolute Gasteiger partial charge is 0.257 e. The number of aromatic nitrogens is 2. The number of H-pyrrole nitrogens is 1. The summed E-state index contributed by atoms with van der Waals surface area (Å²) < 4.78 is 10.8. The number of ether oxygens (including phenoxy) is 2. The van der Waals surface area contributed by atoms with Crippen molar-refractivity contribution in [3.63, 3.8) is 0 Å². The lowest BCUT2D eigenvalue weighted by molar-refractivity contribution is 0.201. The van der Waals surface area contributed by atoms with Gasteiger partial charge >= 0.3 is 0 Å². The Kier molecular flexibility index (Phi) is 5.30. The van der Waals surface area contributed by atoms with Gasteiger partial charge in [0, 0.05) is 36.0 Å². The number of nitrogens with zero attached hydrogens (tertiary/aromatic N) is 2. The first-order chi connectivity index (χ1) is 13.7. The molecule has 28 heavy (non-hydrogen) atoms. The van der Waals surface area contributed by atoms with Gasteiger partial charge in [-0.2, -0.15) is 0 Å². The molecule has 0 saturated carbocycles. The van der Waals surface area contributed by atoms with Gasteiger partial charge in [0.25, 0.3) is 5.56 Å². The monoisotopic (exact) mass is 379 g/mol. The number of nitrogens with one attached hydrogen (secondary N) is 1. The Balaban J connectivity index is 1.45. The standard InChI is InChI=1S/C22H25N3O3/c1-27-17-6-5-16(21(12-17)28-2)14-25-10-7-15(8-11-25)19-13-20-18(22(26)24-19)4-3-9-23-20/h3-6,9,12-13,15H,7-8,10-11,14H2,1-2H3,(H,24,26). The highest BCUT2D eigenvalue weighted by atomic mass is 16.5. The highest BCUT2D eigenvalue weighted by Crippen LogP contribution is 2.30. The molecule has 1 saturated heterocycles. The predicted octanol–water partition coefficient (Wildman–Crippen LogP) is 3.32. The van der Waals surface area contributed by atoms with E-state index in [9.17, 15) is 4.79 Å². The van der Waals surface area contributed by atoms with Gasteiger partial charge in [-0.25, -0.2) is 0 Å². The first-order valence-electron chi connectivity index (χ1n) is 9.59. The van der Waals surface area contributed by atoms with E-state index < -0.39 is 0 Å². The molecular weight excluding hydrogens is 354 g/mol. The van der Waals surface area contributed by atoms with Gasteiger partial charge in [-0.15, -0.1) is 0 Å². The largest absolute Gasteiger partial charge is 0.497 e. The normalized spacial score (nSPS) is 15.6. The van der Waals surface area contributed by atoms with Crippen LogP contribution in [0.1, 0.15) is 30.0 Å². The van der Waals surface area contributed by atoms with E-state index in [1.54, 1.807) is 26.5 Å². The van der Waals surface area contributed by atoms with Crippen LogP contribution in [0.2, 0.25) is 0 Å². The fraction of sp³-hybridized carbons (Fsp3) is 0.364. The molecule has 1 N–H and O–H groups in total. The number of hydrogen-bond donors (Lipinski definition) is 1. The number of fused-ring (bicyclic) bond motifs is 1. The maximum Gasteiger partial charge on any atom is 0.257 e. The SMILES string of the molecule is COc1ccc(CN2CCC(c3cc4ncccc4c(=O)[nH]3)CC2)c(OC)c1. The molecule has 0 aliphatic carbocycles. The first kappa shape index (κ1) is 18.5. The molecule has 0 spiro atoms. The molecule has 6 heteroatoms. The van der Waals surface area contributed by atoms with Crippen LogP contribution in [0.3, 0.4) is 0 Å². The summed E-state index contributed by atoms with van der Waals surface area (Å²) in [6, 6.07) is 11.6. The highest BCUT2D eigenvalue weighted by molar-refractivity contribution is 5.77. The number of rotatable bonds is 5. The zero-order chi connectivity index (χ0) is 19.5. The Labute approximate surface area is 164 Å². The molecule has 1 aliphatic heterocycles. The van der Waals surface area contributed by atoms with Gasteiger partial charge in [0.15, 0.2) is 0 Å². The zero-order valence-corrected chi connectivity index (χ0v) is 16.3. The fourth-order valence-corrected chi connectivity index (χ4v) is 3.95. The molecule has 0 bridgehead atoms. The summed E-state index contributed by atoms with van der Waals surface area (Å²) in [6.07, 6.45) is 3.75. The van der Waals surface area contributed by atoms with E-state index in [0.29, 0.717) is 11.3 Å². The van der Waals surface area contributed by atoms with Gasteiger partial charge in [-0.05, 0) is 50.2 Å². The van der Waals surface area contributed by atoms with Crippen LogP contribution in [-0.4, -0.2) is 42.2 Å². The summed E-state index contributed by atoms with van der Waals surface area (Å²) in [7, 11) is 3.35. The molecule has 0 amide bonds. The Morgan fingerprint density at radius 2 is 1.96 bits per heavy atom. The minimum Gasteiger partial charge on any atom is -0.497 e. The number of piperidine rings is 1. The average molecular weight is 379 g/mol. The maximum atomic E-state index is 12.3. The molecule has 6 nitrogen and oxygen atoms in total. The van der Waals surface area contributed by atoms with Crippen LogP contribution in [0.4, 0.5) is 0 Å². The van der Waals surface area contributed by atoms with Crippen LogP contribution >= 0.6 is 0 Å². The molecule has 0 atom stereocenters. The molecule has 4 rings (SSSR count). The Bertz CT molecular complexity index is 1020. The number of aromatic amines is 1. The van der Waals surface area contributed by atoms with Crippen molar-refractivity contribution in [1.29, 1.82) is 0 Å². The van der Waals surface area contributed by atoms with Crippen molar-refractivity contribution >= 4 is 10.9 Å². The molecular formula is C22H25N3O3. The molecule has 3 heterocycles. The van der Waals surface area contributed by atoms with Crippen molar-refractivity contribution in [3.05, 3.63) is 64.2 Å². The van der Waals surface area contributed by atoms with E-state index in [0.717, 1.165) is 60.7 Å². The third-order valence-corrected chi connectivity index (χ3v) is 5.55. The van der Waals surface area contributed by atoms with Crippen LogP contribution < -0.4 is 15.0 Å². The van der Waals surface area contributed by atoms with E-state index in [2.05, 4.69) is 20.9 Å². The van der Waals surface area contributed by atoms with Gasteiger partial charge in [-0.1, -0.05) is 6.07 Å². The quantitative estimate of drug-likeness (QED) is 0.737. The second kappa shape index (κ2) is 8.02. The molecule has 2 aromatic heterocycles. The molecule has 1 aromatic carbocycles. The molecule has 1 fully saturated rings. The number of pyridine rings is 2. The Morgan fingerprint density at radius 1 is 1.14 bits per heavy atom. The molecule has 0 unspecified atom stereocenters. The maximum absolute atomic E-state index is 12.3. The lowest BCUT2D eigenvalue weighted by Crippen LogP contribution is -2.33. The number of hydrogen-bond acceptors (Lipinski definition) is 5. The summed E-state index contributed by atoms with van der Waals surface area (Å²) in [5.74, 6) is 2.01. The first-order valence-corrected chi connectivity index (χ1v) is 9.59. The molecule has 146 valence electrons. The molecule has 3 aromatic rings. The third-order valence-electron chi connectivity index (χ3n) is 5.55. The second-order valence-electron chi connectivity index (χ2n) is 7.22. The Morgan fingerprint density at radius 3 is 2.71 bits per heavy atom. The van der Waals surface area contributed by atoms with E-state index in [-0.39, 0.29) is 5.56 Å². The van der Waals surface area contributed by atoms with Crippen LogP contribution in [0, 0.1) is 0 Å². The minimum atomic E-state index is -0.0500. The van der Waals surface area contributed by atoms with Gasteiger partial charge in [-0.3, -0.25) is 14.7 Å². The van der Waals surface area contributed by atoms with E-state index >= 15 is 0 Å². The summed E-state index contributed by atoms with van der Waals surface area (Å²) >= 11 is 0. The van der Waals surface area contributed by atoms with Crippen molar-refractivity contribution in [2.75, 3.05) is 27.3 Å². The van der Waals surface area contributed by atoms with Crippen molar-refractivity contribution in [2.24, 2.45) is 0 Å². The van der Waals surface area contributed by atoms with Crippen molar-refractivity contribution in [1.82, 2.24) is 14.9 Å². The average Bonchev–Trinajstić information content (AvgIpc) is 2.74. The van der Waals surface area contributed by atoms with Gasteiger partial charge in [0.2, 0.25) is 0 Å². The van der Waals surface area contributed by atoms with Crippen molar-refractivity contribution in [2.45, 2.75) is 25.3 Å². The lowest BCUT2D eigenvalue weighted by Gasteiger charge is -2.32. The lowest BCUT2D eigenvalue weighted by atomic mass is 9.92. The van der Waals surface area contributed by atoms with E-state index in [1.165, 1.54) is 0 Å². The summed E-state index contributed by atoms with van der Waals surface area (Å²) in [4.78, 5) is 22.2. The van der Waals surface area contributed by atoms with Crippen LogP contribution in [0.15, 0.2) is 47.4 Å². The van der Waals surface area contributed by atoms with Crippen LogP contribution in [0.5, 0.6) is 11.5 Å². The Hall–Kier alpha value is -2.86. The zero-order valence-electron chi connectivity index (χ0n) is 16.3. The number of methoxy groups -OCH3 is 2. The van der Waals surface area contributed by atoms with Crippen molar-refractivity contribution < 1.29 is 9.47 Å². The predicted molar refractivity (Wildman–Crippen MR) is 109 cm³/mol. The minimum absolute atomic E-state index is 0.0500. The number of benzene rings is 1. The number of likely N-dealkylation sites (tertiary alicyclic amines) is 1. The van der Waals surface area contributed by atoms with Crippen LogP contribution in [-0.2, 0) is 6.54 Å². The second-order valence-corrected chi connectivity index (χ2v) is 7.22. The molecule has 0 radical (unpaired) electrons. The van der Waals surface area contributed by atoms with Gasteiger partial charge in [0.1, 0.15) is 11.5 Å². The highest BCUT2D eigenvalue weighted by Gasteiger charge is 2.23. The third kappa shape index (κ3) is 3.73. The molecule has 1 aliphatic rings. The summed E-state index contributed by atoms with van der Waals surface area (Å²) in [5, 5.41) is 0.648.